The Bertz CT molecular complexity index is 737. The second-order valence-corrected chi connectivity index (χ2v) is 6.63. The van der Waals surface area contributed by atoms with Crippen LogP contribution >= 0.6 is 0 Å². The van der Waals surface area contributed by atoms with E-state index in [1.807, 2.05) is 12.1 Å². The SMILES string of the molecule is CNC(=O)c1cccc(NC(=O)CN(Cc2ccco2)C2CCCC2)c1. The number of furan rings is 1. The van der Waals surface area contributed by atoms with Crippen molar-refractivity contribution >= 4 is 17.5 Å². The van der Waals surface area contributed by atoms with Crippen molar-refractivity contribution in [2.45, 2.75) is 38.3 Å². The number of hydrogen-bond acceptors (Lipinski definition) is 4. The number of carbonyl (C=O) groups is 2. The minimum Gasteiger partial charge on any atom is -0.468 e. The van der Waals surface area contributed by atoms with Crippen molar-refractivity contribution in [3.63, 3.8) is 0 Å². The third-order valence-electron chi connectivity index (χ3n) is 4.76. The van der Waals surface area contributed by atoms with Crippen molar-refractivity contribution in [2.75, 3.05) is 18.9 Å². The van der Waals surface area contributed by atoms with Crippen LogP contribution in [0.5, 0.6) is 0 Å². The summed E-state index contributed by atoms with van der Waals surface area (Å²) in [6.45, 7) is 0.929. The Labute approximate surface area is 153 Å². The predicted octanol–water partition coefficient (Wildman–Crippen LogP) is 3.02. The van der Waals surface area contributed by atoms with Crippen LogP contribution < -0.4 is 10.6 Å². The minimum absolute atomic E-state index is 0.0856. The molecule has 0 aliphatic heterocycles. The molecule has 1 aromatic carbocycles. The van der Waals surface area contributed by atoms with Gasteiger partial charge < -0.3 is 15.1 Å². The lowest BCUT2D eigenvalue weighted by molar-refractivity contribution is -0.118. The van der Waals surface area contributed by atoms with Crippen molar-refractivity contribution in [3.8, 4) is 0 Å². The number of nitrogens with zero attached hydrogens (tertiary/aromatic N) is 1. The molecule has 0 saturated heterocycles. The molecule has 2 N–H and O–H groups in total. The van der Waals surface area contributed by atoms with Crippen molar-refractivity contribution in [1.82, 2.24) is 10.2 Å². The van der Waals surface area contributed by atoms with Crippen molar-refractivity contribution in [3.05, 3.63) is 54.0 Å². The minimum atomic E-state index is -0.175. The molecule has 0 bridgehead atoms. The maximum Gasteiger partial charge on any atom is 0.251 e. The molecule has 0 unspecified atom stereocenters. The van der Waals surface area contributed by atoms with Crippen LogP contribution in [-0.4, -0.2) is 36.3 Å². The Morgan fingerprint density at radius 3 is 2.69 bits per heavy atom. The number of benzene rings is 1. The molecule has 0 spiro atoms. The van der Waals surface area contributed by atoms with Gasteiger partial charge in [0.25, 0.3) is 5.91 Å². The average Bonchev–Trinajstić information content (AvgIpc) is 3.34. The van der Waals surface area contributed by atoms with Crippen LogP contribution in [0.4, 0.5) is 5.69 Å². The van der Waals surface area contributed by atoms with Crippen LogP contribution in [0, 0.1) is 0 Å². The Kier molecular flexibility index (Phi) is 6.07. The van der Waals surface area contributed by atoms with Gasteiger partial charge in [-0.05, 0) is 43.2 Å². The lowest BCUT2D eigenvalue weighted by Crippen LogP contribution is -2.39. The van der Waals surface area contributed by atoms with Gasteiger partial charge in [-0.15, -0.1) is 0 Å². The molecule has 6 heteroatoms. The lowest BCUT2D eigenvalue weighted by Gasteiger charge is -2.27. The Balaban J connectivity index is 1.64. The van der Waals surface area contributed by atoms with Gasteiger partial charge in [0.05, 0.1) is 19.4 Å². The van der Waals surface area contributed by atoms with Gasteiger partial charge in [0.1, 0.15) is 5.76 Å². The van der Waals surface area contributed by atoms with Crippen LogP contribution in [0.1, 0.15) is 41.8 Å². The number of carbonyl (C=O) groups excluding carboxylic acids is 2. The van der Waals surface area contributed by atoms with E-state index in [1.165, 1.54) is 12.8 Å². The van der Waals surface area contributed by atoms with Crippen molar-refractivity contribution in [2.24, 2.45) is 0 Å². The summed E-state index contributed by atoms with van der Waals surface area (Å²) in [6, 6.07) is 11.2. The van der Waals surface area contributed by atoms with E-state index in [4.69, 9.17) is 4.42 Å². The molecule has 1 heterocycles. The summed E-state index contributed by atoms with van der Waals surface area (Å²) in [4.78, 5) is 26.5. The van der Waals surface area contributed by atoms with Gasteiger partial charge in [-0.25, -0.2) is 0 Å². The maximum absolute atomic E-state index is 12.6. The highest BCUT2D eigenvalue weighted by Crippen LogP contribution is 2.25. The monoisotopic (exact) mass is 355 g/mol. The molecule has 1 aromatic heterocycles. The van der Waals surface area contributed by atoms with Crippen molar-refractivity contribution < 1.29 is 14.0 Å². The summed E-state index contributed by atoms with van der Waals surface area (Å²) in [5.74, 6) is 0.607. The first kappa shape index (κ1) is 18.2. The molecule has 3 rings (SSSR count). The highest BCUT2D eigenvalue weighted by Gasteiger charge is 2.25. The largest absolute Gasteiger partial charge is 0.468 e. The van der Waals surface area contributed by atoms with Gasteiger partial charge in [-0.3, -0.25) is 14.5 Å². The molecule has 0 atom stereocenters. The van der Waals surface area contributed by atoms with E-state index in [1.54, 1.807) is 37.6 Å². The summed E-state index contributed by atoms with van der Waals surface area (Å²) < 4.78 is 5.46. The van der Waals surface area contributed by atoms with Crippen LogP contribution in [0.3, 0.4) is 0 Å². The molecular weight excluding hydrogens is 330 g/mol. The first-order chi connectivity index (χ1) is 12.7. The average molecular weight is 355 g/mol. The zero-order valence-corrected chi connectivity index (χ0v) is 15.0. The van der Waals surface area contributed by atoms with E-state index < -0.39 is 0 Å². The fraction of sp³-hybridized carbons (Fsp3) is 0.400. The third-order valence-corrected chi connectivity index (χ3v) is 4.76. The van der Waals surface area contributed by atoms with Gasteiger partial charge >= 0.3 is 0 Å². The highest BCUT2D eigenvalue weighted by molar-refractivity contribution is 5.97. The molecule has 6 nitrogen and oxygen atoms in total. The lowest BCUT2D eigenvalue weighted by atomic mass is 10.2. The quantitative estimate of drug-likeness (QED) is 0.801. The fourth-order valence-corrected chi connectivity index (χ4v) is 3.45. The summed E-state index contributed by atoms with van der Waals surface area (Å²) in [5.41, 5.74) is 1.15. The van der Waals surface area contributed by atoms with Gasteiger partial charge in [-0.2, -0.15) is 0 Å². The number of anilines is 1. The first-order valence-corrected chi connectivity index (χ1v) is 9.04. The Morgan fingerprint density at radius 1 is 1.19 bits per heavy atom. The van der Waals surface area contributed by atoms with Gasteiger partial charge in [0.2, 0.25) is 5.91 Å². The van der Waals surface area contributed by atoms with E-state index in [0.29, 0.717) is 30.4 Å². The molecule has 26 heavy (non-hydrogen) atoms. The van der Waals surface area contributed by atoms with E-state index in [9.17, 15) is 9.59 Å². The zero-order valence-electron chi connectivity index (χ0n) is 15.0. The molecule has 2 amide bonds. The predicted molar refractivity (Wildman–Crippen MR) is 99.8 cm³/mol. The van der Waals surface area contributed by atoms with Crippen molar-refractivity contribution in [1.29, 1.82) is 0 Å². The normalized spacial score (nSPS) is 14.5. The summed E-state index contributed by atoms with van der Waals surface area (Å²) in [5, 5.41) is 5.49. The number of amides is 2. The zero-order chi connectivity index (χ0) is 18.4. The topological polar surface area (TPSA) is 74.6 Å². The number of hydrogen-bond donors (Lipinski definition) is 2. The van der Waals surface area contributed by atoms with E-state index in [-0.39, 0.29) is 11.8 Å². The summed E-state index contributed by atoms with van der Waals surface area (Å²) >= 11 is 0. The van der Waals surface area contributed by atoms with Crippen LogP contribution in [0.15, 0.2) is 47.1 Å². The van der Waals surface area contributed by atoms with Gasteiger partial charge in [0, 0.05) is 24.3 Å². The second-order valence-electron chi connectivity index (χ2n) is 6.63. The molecular formula is C20H25N3O3. The van der Waals surface area contributed by atoms with E-state index in [2.05, 4.69) is 15.5 Å². The maximum atomic E-state index is 12.6. The summed E-state index contributed by atoms with van der Waals surface area (Å²) in [6.07, 6.45) is 6.29. The highest BCUT2D eigenvalue weighted by atomic mass is 16.3. The molecule has 1 aliphatic rings. The van der Waals surface area contributed by atoms with E-state index in [0.717, 1.165) is 18.6 Å². The molecule has 1 saturated carbocycles. The molecule has 1 aliphatic carbocycles. The molecule has 138 valence electrons. The Hall–Kier alpha value is -2.60. The first-order valence-electron chi connectivity index (χ1n) is 9.04. The molecule has 1 fully saturated rings. The second kappa shape index (κ2) is 8.67. The van der Waals surface area contributed by atoms with Crippen LogP contribution in [0.25, 0.3) is 0 Å². The fourth-order valence-electron chi connectivity index (χ4n) is 3.45. The van der Waals surface area contributed by atoms with Crippen LogP contribution in [-0.2, 0) is 11.3 Å². The third kappa shape index (κ3) is 4.73. The van der Waals surface area contributed by atoms with E-state index >= 15 is 0 Å². The van der Waals surface area contributed by atoms with Crippen LogP contribution in [0.2, 0.25) is 0 Å². The molecule has 2 aromatic rings. The number of rotatable bonds is 7. The van der Waals surface area contributed by atoms with Gasteiger partial charge in [-0.1, -0.05) is 18.9 Å². The smallest absolute Gasteiger partial charge is 0.251 e. The standard InChI is InChI=1S/C20H25N3O3/c1-21-20(25)15-6-4-7-16(12-15)22-19(24)14-23(17-8-2-3-9-17)13-18-10-5-11-26-18/h4-7,10-12,17H,2-3,8-9,13-14H2,1H3,(H,21,25)(H,22,24). The Morgan fingerprint density at radius 2 is 2.00 bits per heavy atom. The molecule has 0 radical (unpaired) electrons. The van der Waals surface area contributed by atoms with Gasteiger partial charge in [0.15, 0.2) is 0 Å². The summed E-state index contributed by atoms with van der Waals surface area (Å²) in [7, 11) is 1.59. The number of nitrogens with one attached hydrogen (secondary N) is 2.